The molecule has 2 aromatic carbocycles. The maximum Gasteiger partial charge on any atom is 0.0955 e. The summed E-state index contributed by atoms with van der Waals surface area (Å²) in [5, 5.41) is 1.22. The molecule has 3 N–H and O–H groups in total. The van der Waals surface area contributed by atoms with Crippen LogP contribution in [0.15, 0.2) is 79.4 Å². The standard InChI is InChI=1S/C22H22N4/c1-16(23)11-22-21(12-17-5-3-2-4-6-17)25-15-26(22)14-18-7-8-19-9-10-24-20(19)13-18/h2-10,13,15,24H,1,11-12,14,23H2. The van der Waals surface area contributed by atoms with Gasteiger partial charge >= 0.3 is 0 Å². The van der Waals surface area contributed by atoms with Crippen LogP contribution in [-0.4, -0.2) is 14.5 Å². The lowest BCUT2D eigenvalue weighted by Crippen LogP contribution is -2.09. The Morgan fingerprint density at radius 1 is 1.08 bits per heavy atom. The highest BCUT2D eigenvalue weighted by Gasteiger charge is 2.13. The van der Waals surface area contributed by atoms with E-state index < -0.39 is 0 Å². The van der Waals surface area contributed by atoms with Crippen LogP contribution in [0.5, 0.6) is 0 Å². The largest absolute Gasteiger partial charge is 0.402 e. The number of fused-ring (bicyclic) bond motifs is 1. The Morgan fingerprint density at radius 2 is 1.92 bits per heavy atom. The summed E-state index contributed by atoms with van der Waals surface area (Å²) < 4.78 is 2.18. The van der Waals surface area contributed by atoms with Crippen LogP contribution in [0.3, 0.4) is 0 Å². The van der Waals surface area contributed by atoms with E-state index in [4.69, 9.17) is 5.73 Å². The number of rotatable bonds is 6. The van der Waals surface area contributed by atoms with E-state index in [-0.39, 0.29) is 0 Å². The smallest absolute Gasteiger partial charge is 0.0955 e. The molecule has 0 amide bonds. The Labute approximate surface area is 153 Å². The summed E-state index contributed by atoms with van der Waals surface area (Å²) in [4.78, 5) is 7.94. The van der Waals surface area contributed by atoms with Gasteiger partial charge in [-0.3, -0.25) is 0 Å². The van der Waals surface area contributed by atoms with Crippen LogP contribution in [-0.2, 0) is 19.4 Å². The van der Waals surface area contributed by atoms with Crippen molar-refractivity contribution in [2.45, 2.75) is 19.4 Å². The predicted molar refractivity (Wildman–Crippen MR) is 106 cm³/mol. The topological polar surface area (TPSA) is 59.6 Å². The number of hydrogen-bond donors (Lipinski definition) is 2. The minimum absolute atomic E-state index is 0.632. The van der Waals surface area contributed by atoms with E-state index in [0.29, 0.717) is 12.1 Å². The van der Waals surface area contributed by atoms with Crippen LogP contribution in [0.25, 0.3) is 10.9 Å². The number of benzene rings is 2. The van der Waals surface area contributed by atoms with Gasteiger partial charge in [-0.05, 0) is 28.6 Å². The first-order chi connectivity index (χ1) is 12.7. The maximum absolute atomic E-state index is 5.93. The van der Waals surface area contributed by atoms with Gasteiger partial charge in [-0.25, -0.2) is 4.98 Å². The normalized spacial score (nSPS) is 11.1. The first-order valence-electron chi connectivity index (χ1n) is 8.75. The SMILES string of the molecule is C=C(N)Cc1c(Cc2ccccc2)ncn1Cc1ccc2cc[nH]c2c1. The number of nitrogens with zero attached hydrogens (tertiary/aromatic N) is 2. The Kier molecular flexibility index (Phi) is 4.32. The second-order valence-electron chi connectivity index (χ2n) is 6.66. The summed E-state index contributed by atoms with van der Waals surface area (Å²) in [6.07, 6.45) is 5.31. The zero-order valence-corrected chi connectivity index (χ0v) is 14.7. The van der Waals surface area contributed by atoms with E-state index >= 15 is 0 Å². The third kappa shape index (κ3) is 3.40. The van der Waals surface area contributed by atoms with Crippen LogP contribution in [0.2, 0.25) is 0 Å². The van der Waals surface area contributed by atoms with Gasteiger partial charge in [0.05, 0.1) is 12.0 Å². The fraction of sp³-hybridized carbons (Fsp3) is 0.136. The highest BCUT2D eigenvalue weighted by molar-refractivity contribution is 5.79. The molecular weight excluding hydrogens is 320 g/mol. The molecule has 4 nitrogen and oxygen atoms in total. The molecule has 0 spiro atoms. The average molecular weight is 342 g/mol. The molecule has 4 rings (SSSR count). The van der Waals surface area contributed by atoms with Crippen molar-refractivity contribution < 1.29 is 0 Å². The summed E-state index contributed by atoms with van der Waals surface area (Å²) in [5.41, 5.74) is 12.4. The van der Waals surface area contributed by atoms with Gasteiger partial charge in [-0.1, -0.05) is 49.0 Å². The summed E-state index contributed by atoms with van der Waals surface area (Å²) in [7, 11) is 0. The Morgan fingerprint density at radius 3 is 2.73 bits per heavy atom. The monoisotopic (exact) mass is 342 g/mol. The van der Waals surface area contributed by atoms with Gasteiger partial charge in [0.15, 0.2) is 0 Å². The quantitative estimate of drug-likeness (QED) is 0.556. The molecular formula is C22H22N4. The van der Waals surface area contributed by atoms with Crippen molar-refractivity contribution in [3.63, 3.8) is 0 Å². The molecule has 130 valence electrons. The van der Waals surface area contributed by atoms with Gasteiger partial charge in [-0.15, -0.1) is 0 Å². The van der Waals surface area contributed by atoms with Crippen LogP contribution < -0.4 is 5.73 Å². The molecule has 0 aliphatic heterocycles. The molecule has 4 aromatic rings. The molecule has 2 aromatic heterocycles. The fourth-order valence-corrected chi connectivity index (χ4v) is 3.33. The number of H-pyrrole nitrogens is 1. The number of hydrogen-bond acceptors (Lipinski definition) is 2. The number of aromatic amines is 1. The molecule has 0 aliphatic rings. The number of nitrogens with two attached hydrogens (primary N) is 1. The van der Waals surface area contributed by atoms with E-state index in [0.717, 1.165) is 29.9 Å². The Balaban J connectivity index is 1.65. The summed E-state index contributed by atoms with van der Waals surface area (Å²) in [6, 6.07) is 19.0. The van der Waals surface area contributed by atoms with Gasteiger partial charge in [0.1, 0.15) is 0 Å². The number of nitrogens with one attached hydrogen (secondary N) is 1. The third-order valence-corrected chi connectivity index (χ3v) is 4.61. The molecule has 0 bridgehead atoms. The van der Waals surface area contributed by atoms with Crippen LogP contribution in [0.4, 0.5) is 0 Å². The molecule has 0 aliphatic carbocycles. The van der Waals surface area contributed by atoms with E-state index in [1.807, 2.05) is 18.6 Å². The molecule has 0 saturated heterocycles. The van der Waals surface area contributed by atoms with Gasteiger partial charge in [0.25, 0.3) is 0 Å². The number of allylic oxidation sites excluding steroid dienone is 1. The van der Waals surface area contributed by atoms with Gasteiger partial charge < -0.3 is 15.3 Å². The van der Waals surface area contributed by atoms with E-state index in [9.17, 15) is 0 Å². The van der Waals surface area contributed by atoms with Crippen molar-refractivity contribution in [2.75, 3.05) is 0 Å². The minimum Gasteiger partial charge on any atom is -0.402 e. The van der Waals surface area contributed by atoms with Crippen molar-refractivity contribution in [3.8, 4) is 0 Å². The second-order valence-corrected chi connectivity index (χ2v) is 6.66. The van der Waals surface area contributed by atoms with Crippen molar-refractivity contribution in [1.82, 2.24) is 14.5 Å². The zero-order valence-electron chi connectivity index (χ0n) is 14.7. The van der Waals surface area contributed by atoms with Crippen molar-refractivity contribution in [3.05, 3.63) is 102 Å². The molecule has 4 heteroatoms. The van der Waals surface area contributed by atoms with Crippen molar-refractivity contribution in [2.24, 2.45) is 5.73 Å². The minimum atomic E-state index is 0.632. The maximum atomic E-state index is 5.93. The predicted octanol–water partition coefficient (Wildman–Crippen LogP) is 4.02. The zero-order chi connectivity index (χ0) is 17.9. The summed E-state index contributed by atoms with van der Waals surface area (Å²) in [6.45, 7) is 4.66. The van der Waals surface area contributed by atoms with Crippen LogP contribution in [0.1, 0.15) is 22.5 Å². The highest BCUT2D eigenvalue weighted by Crippen LogP contribution is 2.19. The summed E-state index contributed by atoms with van der Waals surface area (Å²) in [5.74, 6) is 0. The second kappa shape index (κ2) is 6.92. The molecule has 0 saturated carbocycles. The fourth-order valence-electron chi connectivity index (χ4n) is 3.33. The molecule has 0 radical (unpaired) electrons. The van der Waals surface area contributed by atoms with Crippen molar-refractivity contribution >= 4 is 10.9 Å². The van der Waals surface area contributed by atoms with Crippen LogP contribution >= 0.6 is 0 Å². The first-order valence-corrected chi connectivity index (χ1v) is 8.75. The molecule has 0 atom stereocenters. The van der Waals surface area contributed by atoms with E-state index in [2.05, 4.69) is 69.6 Å². The number of imidazole rings is 1. The van der Waals surface area contributed by atoms with Gasteiger partial charge in [0, 0.05) is 42.5 Å². The summed E-state index contributed by atoms with van der Waals surface area (Å²) >= 11 is 0. The number of aromatic nitrogens is 3. The Bertz CT molecular complexity index is 1040. The lowest BCUT2D eigenvalue weighted by Gasteiger charge is -2.11. The average Bonchev–Trinajstić information content (AvgIpc) is 3.24. The van der Waals surface area contributed by atoms with Crippen LogP contribution in [0, 0.1) is 0 Å². The molecule has 0 fully saturated rings. The van der Waals surface area contributed by atoms with E-state index in [1.165, 1.54) is 16.5 Å². The molecule has 2 heterocycles. The lowest BCUT2D eigenvalue weighted by atomic mass is 10.1. The van der Waals surface area contributed by atoms with Gasteiger partial charge in [-0.2, -0.15) is 0 Å². The third-order valence-electron chi connectivity index (χ3n) is 4.61. The van der Waals surface area contributed by atoms with Gasteiger partial charge in [0.2, 0.25) is 0 Å². The lowest BCUT2D eigenvalue weighted by molar-refractivity contribution is 0.746. The molecule has 0 unspecified atom stereocenters. The highest BCUT2D eigenvalue weighted by atomic mass is 15.1. The van der Waals surface area contributed by atoms with Crippen molar-refractivity contribution in [1.29, 1.82) is 0 Å². The molecule has 26 heavy (non-hydrogen) atoms. The first kappa shape index (κ1) is 16.2. The Hall–Kier alpha value is -3.27. The van der Waals surface area contributed by atoms with E-state index in [1.54, 1.807) is 0 Å².